The van der Waals surface area contributed by atoms with Crippen LogP contribution in [-0.4, -0.2) is 41.8 Å². The summed E-state index contributed by atoms with van der Waals surface area (Å²) in [7, 11) is 0. The molecule has 1 N–H and O–H groups in total. The smallest absolute Gasteiger partial charge is 0.254 e. The van der Waals surface area contributed by atoms with E-state index in [4.69, 9.17) is 0 Å². The van der Waals surface area contributed by atoms with E-state index in [-0.39, 0.29) is 5.91 Å². The SMILES string of the molecule is Cc1nc(C)n(CCCNC(=O)c2cnc3ccnn3c2C)n1. The number of carbonyl (C=O) groups excluding carboxylic acids is 1. The van der Waals surface area contributed by atoms with Crippen LogP contribution in [0.1, 0.15) is 34.1 Å². The Hall–Kier alpha value is -2.77. The summed E-state index contributed by atoms with van der Waals surface area (Å²) < 4.78 is 3.51. The molecule has 120 valence electrons. The van der Waals surface area contributed by atoms with Gasteiger partial charge in [0.15, 0.2) is 5.65 Å². The van der Waals surface area contributed by atoms with E-state index in [0.717, 1.165) is 36.0 Å². The molecule has 0 aromatic carbocycles. The van der Waals surface area contributed by atoms with Crippen molar-refractivity contribution in [3.05, 3.63) is 41.4 Å². The van der Waals surface area contributed by atoms with E-state index in [0.29, 0.717) is 12.1 Å². The van der Waals surface area contributed by atoms with Crippen LogP contribution >= 0.6 is 0 Å². The number of aryl methyl sites for hydroxylation is 4. The number of carbonyl (C=O) groups is 1. The van der Waals surface area contributed by atoms with Crippen molar-refractivity contribution in [2.75, 3.05) is 6.54 Å². The molecule has 0 fully saturated rings. The van der Waals surface area contributed by atoms with Crippen LogP contribution in [0.4, 0.5) is 0 Å². The third kappa shape index (κ3) is 3.05. The predicted molar refractivity (Wildman–Crippen MR) is 84.2 cm³/mol. The second kappa shape index (κ2) is 6.15. The standard InChI is InChI=1S/C15H19N7O/c1-10-13(9-17-14-5-7-18-22(10)14)15(23)16-6-4-8-21-12(3)19-11(2)20-21/h5,7,9H,4,6,8H2,1-3H3,(H,16,23). The predicted octanol–water partition coefficient (Wildman–Crippen LogP) is 1.07. The van der Waals surface area contributed by atoms with Gasteiger partial charge < -0.3 is 5.32 Å². The normalized spacial score (nSPS) is 11.1. The average molecular weight is 313 g/mol. The Morgan fingerprint density at radius 3 is 2.87 bits per heavy atom. The zero-order valence-electron chi connectivity index (χ0n) is 13.4. The second-order valence-corrected chi connectivity index (χ2v) is 5.40. The lowest BCUT2D eigenvalue weighted by atomic mass is 10.2. The third-order valence-electron chi connectivity index (χ3n) is 3.70. The molecular formula is C15H19N7O. The summed E-state index contributed by atoms with van der Waals surface area (Å²) >= 11 is 0. The van der Waals surface area contributed by atoms with Crippen LogP contribution in [0.5, 0.6) is 0 Å². The molecule has 8 heteroatoms. The Bertz CT molecular complexity index is 849. The van der Waals surface area contributed by atoms with Crippen molar-refractivity contribution in [1.29, 1.82) is 0 Å². The van der Waals surface area contributed by atoms with Crippen LogP contribution in [0.25, 0.3) is 5.65 Å². The molecule has 3 aromatic rings. The first-order valence-corrected chi connectivity index (χ1v) is 7.52. The molecule has 0 spiro atoms. The van der Waals surface area contributed by atoms with Gasteiger partial charge in [-0.05, 0) is 27.2 Å². The summed E-state index contributed by atoms with van der Waals surface area (Å²) in [5.74, 6) is 1.51. The van der Waals surface area contributed by atoms with E-state index < -0.39 is 0 Å². The number of aromatic nitrogens is 6. The summed E-state index contributed by atoms with van der Waals surface area (Å²) in [5, 5.41) is 11.4. The van der Waals surface area contributed by atoms with Crippen LogP contribution in [0.2, 0.25) is 0 Å². The molecule has 3 heterocycles. The highest BCUT2D eigenvalue weighted by Gasteiger charge is 2.12. The molecule has 3 rings (SSSR count). The number of hydrogen-bond acceptors (Lipinski definition) is 5. The van der Waals surface area contributed by atoms with Gasteiger partial charge >= 0.3 is 0 Å². The fourth-order valence-corrected chi connectivity index (χ4v) is 2.51. The van der Waals surface area contributed by atoms with Crippen LogP contribution in [0.3, 0.4) is 0 Å². The van der Waals surface area contributed by atoms with Crippen molar-refractivity contribution >= 4 is 11.6 Å². The Balaban J connectivity index is 1.58. The van der Waals surface area contributed by atoms with E-state index in [1.165, 1.54) is 0 Å². The van der Waals surface area contributed by atoms with Gasteiger partial charge in [0.2, 0.25) is 0 Å². The molecule has 0 aliphatic rings. The molecule has 1 amide bonds. The minimum atomic E-state index is -0.140. The Morgan fingerprint density at radius 1 is 1.30 bits per heavy atom. The fraction of sp³-hybridized carbons (Fsp3) is 0.400. The molecular weight excluding hydrogens is 294 g/mol. The van der Waals surface area contributed by atoms with Crippen molar-refractivity contribution in [2.24, 2.45) is 0 Å². The summed E-state index contributed by atoms with van der Waals surface area (Å²) in [5.41, 5.74) is 2.05. The monoisotopic (exact) mass is 313 g/mol. The second-order valence-electron chi connectivity index (χ2n) is 5.40. The van der Waals surface area contributed by atoms with Crippen molar-refractivity contribution in [1.82, 2.24) is 34.7 Å². The van der Waals surface area contributed by atoms with Gasteiger partial charge in [0, 0.05) is 25.4 Å². The molecule has 0 aliphatic heterocycles. The van der Waals surface area contributed by atoms with E-state index in [1.54, 1.807) is 23.0 Å². The van der Waals surface area contributed by atoms with Gasteiger partial charge in [0.1, 0.15) is 11.6 Å². The fourth-order valence-electron chi connectivity index (χ4n) is 2.51. The number of hydrogen-bond donors (Lipinski definition) is 1. The highest BCUT2D eigenvalue weighted by atomic mass is 16.1. The van der Waals surface area contributed by atoms with Gasteiger partial charge in [-0.2, -0.15) is 10.2 Å². The summed E-state index contributed by atoms with van der Waals surface area (Å²) in [6.45, 7) is 6.94. The van der Waals surface area contributed by atoms with Crippen LogP contribution in [0.15, 0.2) is 18.5 Å². The summed E-state index contributed by atoms with van der Waals surface area (Å²) in [6, 6.07) is 1.80. The Kier molecular flexibility index (Phi) is 4.05. The number of nitrogens with one attached hydrogen (secondary N) is 1. The lowest BCUT2D eigenvalue weighted by Crippen LogP contribution is -2.27. The summed E-state index contributed by atoms with van der Waals surface area (Å²) in [6.07, 6.45) is 4.04. The highest BCUT2D eigenvalue weighted by Crippen LogP contribution is 2.08. The number of rotatable bonds is 5. The molecule has 0 unspecified atom stereocenters. The molecule has 0 radical (unpaired) electrons. The molecule has 8 nitrogen and oxygen atoms in total. The van der Waals surface area contributed by atoms with Gasteiger partial charge in [0.05, 0.1) is 17.5 Å². The Labute approximate surface area is 133 Å². The average Bonchev–Trinajstić information content (AvgIpc) is 3.10. The Morgan fingerprint density at radius 2 is 2.13 bits per heavy atom. The van der Waals surface area contributed by atoms with Gasteiger partial charge in [0.25, 0.3) is 5.91 Å². The quantitative estimate of drug-likeness (QED) is 0.712. The molecule has 0 atom stereocenters. The first-order chi connectivity index (χ1) is 11.1. The third-order valence-corrected chi connectivity index (χ3v) is 3.70. The molecule has 0 bridgehead atoms. The van der Waals surface area contributed by atoms with E-state index >= 15 is 0 Å². The van der Waals surface area contributed by atoms with E-state index in [9.17, 15) is 4.79 Å². The van der Waals surface area contributed by atoms with Gasteiger partial charge in [-0.15, -0.1) is 0 Å². The van der Waals surface area contributed by atoms with Crippen molar-refractivity contribution in [3.8, 4) is 0 Å². The molecule has 0 aliphatic carbocycles. The largest absolute Gasteiger partial charge is 0.352 e. The minimum Gasteiger partial charge on any atom is -0.352 e. The minimum absolute atomic E-state index is 0.140. The molecule has 0 saturated heterocycles. The van der Waals surface area contributed by atoms with Crippen molar-refractivity contribution in [3.63, 3.8) is 0 Å². The van der Waals surface area contributed by atoms with Gasteiger partial charge in [-0.3, -0.25) is 9.48 Å². The van der Waals surface area contributed by atoms with Crippen LogP contribution < -0.4 is 5.32 Å². The first kappa shape index (κ1) is 15.1. The number of fused-ring (bicyclic) bond motifs is 1. The molecule has 23 heavy (non-hydrogen) atoms. The first-order valence-electron chi connectivity index (χ1n) is 7.52. The lowest BCUT2D eigenvalue weighted by Gasteiger charge is -2.09. The zero-order valence-corrected chi connectivity index (χ0v) is 13.4. The maximum absolute atomic E-state index is 12.3. The number of nitrogens with zero attached hydrogens (tertiary/aromatic N) is 6. The van der Waals surface area contributed by atoms with E-state index in [2.05, 4.69) is 25.5 Å². The van der Waals surface area contributed by atoms with Crippen molar-refractivity contribution < 1.29 is 4.79 Å². The lowest BCUT2D eigenvalue weighted by molar-refractivity contribution is 0.0951. The highest BCUT2D eigenvalue weighted by molar-refractivity contribution is 5.95. The topological polar surface area (TPSA) is 90.0 Å². The zero-order chi connectivity index (χ0) is 16.4. The summed E-state index contributed by atoms with van der Waals surface area (Å²) in [4.78, 5) is 20.8. The maximum Gasteiger partial charge on any atom is 0.254 e. The van der Waals surface area contributed by atoms with Crippen molar-refractivity contribution in [2.45, 2.75) is 33.7 Å². The van der Waals surface area contributed by atoms with Gasteiger partial charge in [-0.1, -0.05) is 0 Å². The van der Waals surface area contributed by atoms with Crippen LogP contribution in [-0.2, 0) is 6.54 Å². The maximum atomic E-state index is 12.3. The molecule has 3 aromatic heterocycles. The van der Waals surface area contributed by atoms with E-state index in [1.807, 2.05) is 25.5 Å². The molecule has 0 saturated carbocycles. The van der Waals surface area contributed by atoms with Crippen LogP contribution in [0, 0.1) is 20.8 Å². The van der Waals surface area contributed by atoms with Gasteiger partial charge in [-0.25, -0.2) is 14.5 Å². The number of amides is 1.